The van der Waals surface area contributed by atoms with Crippen LogP contribution < -0.4 is 15.1 Å². The van der Waals surface area contributed by atoms with Gasteiger partial charge in [-0.25, -0.2) is 9.78 Å². The van der Waals surface area contributed by atoms with Crippen molar-refractivity contribution in [1.29, 1.82) is 0 Å². The lowest BCUT2D eigenvalue weighted by atomic mass is 10.1. The predicted octanol–water partition coefficient (Wildman–Crippen LogP) is 3.71. The maximum absolute atomic E-state index is 13.3. The first-order chi connectivity index (χ1) is 14.5. The third-order valence-electron chi connectivity index (χ3n) is 5.48. The highest BCUT2D eigenvalue weighted by molar-refractivity contribution is 6.30. The molecule has 4 heterocycles. The molecular formula is C22H20ClN5O2. The zero-order chi connectivity index (χ0) is 20.8. The standard InChI is InChI=1S/C22H20ClN5O2/c1-13-7-16(10-24-9-13)25-22(30)28-19-11-27(12-20(19)29)18-6-5-17(26-21(18)28)14-3-2-4-15(23)8-14/h2-10,19-20,29H,11-12H2,1H3,(H,25,30)/t19-,20-/m1/s1. The molecule has 0 spiro atoms. The monoisotopic (exact) mass is 421 g/mol. The molecule has 2 bridgehead atoms. The third-order valence-corrected chi connectivity index (χ3v) is 5.71. The Morgan fingerprint density at radius 3 is 2.87 bits per heavy atom. The maximum Gasteiger partial charge on any atom is 0.328 e. The number of aliphatic hydroxyl groups is 1. The number of pyridine rings is 2. The number of nitrogens with zero attached hydrogens (tertiary/aromatic N) is 4. The lowest BCUT2D eigenvalue weighted by molar-refractivity contribution is 0.176. The number of aliphatic hydroxyl groups excluding tert-OH is 1. The molecule has 2 aromatic heterocycles. The molecule has 2 N–H and O–H groups in total. The van der Waals surface area contributed by atoms with Crippen LogP contribution in [-0.2, 0) is 0 Å². The zero-order valence-corrected chi connectivity index (χ0v) is 17.0. The smallest absolute Gasteiger partial charge is 0.328 e. The predicted molar refractivity (Wildman–Crippen MR) is 117 cm³/mol. The Morgan fingerprint density at radius 1 is 1.20 bits per heavy atom. The van der Waals surface area contributed by atoms with Crippen molar-refractivity contribution in [1.82, 2.24) is 9.97 Å². The number of fused-ring (bicyclic) bond motifs is 4. The minimum atomic E-state index is -0.657. The average Bonchev–Trinajstić information content (AvgIpc) is 3.04. The Hall–Kier alpha value is -3.16. The van der Waals surface area contributed by atoms with Crippen LogP contribution in [0.15, 0.2) is 54.9 Å². The van der Waals surface area contributed by atoms with Crippen LogP contribution in [0.5, 0.6) is 0 Å². The molecule has 1 aromatic carbocycles. The van der Waals surface area contributed by atoms with Gasteiger partial charge in [-0.2, -0.15) is 0 Å². The fourth-order valence-corrected chi connectivity index (χ4v) is 4.29. The third kappa shape index (κ3) is 3.26. The van der Waals surface area contributed by atoms with Gasteiger partial charge in [-0.1, -0.05) is 23.7 Å². The van der Waals surface area contributed by atoms with Crippen molar-refractivity contribution >= 4 is 34.8 Å². The number of halogens is 1. The van der Waals surface area contributed by atoms with Gasteiger partial charge in [0.2, 0.25) is 0 Å². The van der Waals surface area contributed by atoms with E-state index >= 15 is 0 Å². The summed E-state index contributed by atoms with van der Waals surface area (Å²) in [4.78, 5) is 25.8. The van der Waals surface area contributed by atoms with Crippen LogP contribution in [0, 0.1) is 6.92 Å². The van der Waals surface area contributed by atoms with Crippen LogP contribution in [0.4, 0.5) is 22.0 Å². The second kappa shape index (κ2) is 7.27. The van der Waals surface area contributed by atoms with E-state index in [9.17, 15) is 9.90 Å². The lowest BCUT2D eigenvalue weighted by Gasteiger charge is -2.36. The van der Waals surface area contributed by atoms with Crippen molar-refractivity contribution in [3.63, 3.8) is 0 Å². The first-order valence-corrected chi connectivity index (χ1v) is 10.1. The number of aromatic nitrogens is 2. The average molecular weight is 422 g/mol. The van der Waals surface area contributed by atoms with Gasteiger partial charge in [0.25, 0.3) is 0 Å². The van der Waals surface area contributed by atoms with E-state index in [0.717, 1.165) is 16.8 Å². The van der Waals surface area contributed by atoms with Gasteiger partial charge in [-0.05, 0) is 42.8 Å². The molecule has 2 aliphatic rings. The summed E-state index contributed by atoms with van der Waals surface area (Å²) in [5, 5.41) is 14.1. The van der Waals surface area contributed by atoms with E-state index in [2.05, 4.69) is 15.2 Å². The number of rotatable bonds is 2. The minimum Gasteiger partial charge on any atom is -0.389 e. The molecule has 0 radical (unpaired) electrons. The van der Waals surface area contributed by atoms with Gasteiger partial charge in [0.05, 0.1) is 35.4 Å². The highest BCUT2D eigenvalue weighted by atomic mass is 35.5. The quantitative estimate of drug-likeness (QED) is 0.659. The van der Waals surface area contributed by atoms with E-state index in [0.29, 0.717) is 35.3 Å². The highest BCUT2D eigenvalue weighted by Gasteiger charge is 2.45. The number of hydrogen-bond acceptors (Lipinski definition) is 5. The molecular weight excluding hydrogens is 402 g/mol. The van der Waals surface area contributed by atoms with Gasteiger partial charge < -0.3 is 15.3 Å². The largest absolute Gasteiger partial charge is 0.389 e. The van der Waals surface area contributed by atoms with Crippen LogP contribution in [0.1, 0.15) is 5.56 Å². The molecule has 8 heteroatoms. The van der Waals surface area contributed by atoms with Crippen LogP contribution in [0.3, 0.4) is 0 Å². The lowest BCUT2D eigenvalue weighted by Crippen LogP contribution is -2.51. The molecule has 2 aliphatic heterocycles. The van der Waals surface area contributed by atoms with Gasteiger partial charge in [0, 0.05) is 29.9 Å². The summed E-state index contributed by atoms with van der Waals surface area (Å²) in [7, 11) is 0. The number of urea groups is 1. The van der Waals surface area contributed by atoms with Crippen LogP contribution in [-0.4, -0.2) is 46.3 Å². The summed E-state index contributed by atoms with van der Waals surface area (Å²) in [6.07, 6.45) is 2.67. The molecule has 0 unspecified atom stereocenters. The second-order valence-electron chi connectivity index (χ2n) is 7.64. The van der Waals surface area contributed by atoms with E-state index in [1.165, 1.54) is 0 Å². The molecule has 30 heavy (non-hydrogen) atoms. The van der Waals surface area contributed by atoms with Gasteiger partial charge in [0.1, 0.15) is 0 Å². The van der Waals surface area contributed by atoms with E-state index in [4.69, 9.17) is 16.6 Å². The fourth-order valence-electron chi connectivity index (χ4n) is 4.10. The highest BCUT2D eigenvalue weighted by Crippen LogP contribution is 2.40. The first-order valence-electron chi connectivity index (χ1n) is 9.71. The van der Waals surface area contributed by atoms with Gasteiger partial charge in [0.15, 0.2) is 5.82 Å². The molecule has 1 saturated heterocycles. The number of amides is 2. The molecule has 7 nitrogen and oxygen atoms in total. The maximum atomic E-state index is 13.3. The Morgan fingerprint density at radius 2 is 2.07 bits per heavy atom. The summed E-state index contributed by atoms with van der Waals surface area (Å²) in [6, 6.07) is 12.4. The molecule has 5 rings (SSSR count). The number of anilines is 3. The number of hydrogen-bond donors (Lipinski definition) is 2. The summed E-state index contributed by atoms with van der Waals surface area (Å²) < 4.78 is 0. The number of carbonyl (C=O) groups is 1. The molecule has 2 amide bonds. The SMILES string of the molecule is Cc1cncc(NC(=O)N2c3nc(-c4cccc(Cl)c4)ccc3N3C[C@@H](O)[C@H]2C3)c1. The molecule has 152 valence electrons. The minimum absolute atomic E-state index is 0.343. The number of aryl methyl sites for hydroxylation is 1. The second-order valence-corrected chi connectivity index (χ2v) is 8.08. The Labute approximate surface area is 178 Å². The van der Waals surface area contributed by atoms with Gasteiger partial charge >= 0.3 is 6.03 Å². The Kier molecular flexibility index (Phi) is 4.56. The van der Waals surface area contributed by atoms with Crippen molar-refractivity contribution in [2.24, 2.45) is 0 Å². The fraction of sp³-hybridized carbons (Fsp3) is 0.227. The van der Waals surface area contributed by atoms with Gasteiger partial charge in [-0.3, -0.25) is 9.88 Å². The number of benzene rings is 1. The van der Waals surface area contributed by atoms with Crippen molar-refractivity contribution in [2.75, 3.05) is 28.2 Å². The zero-order valence-electron chi connectivity index (χ0n) is 16.3. The number of nitrogens with one attached hydrogen (secondary N) is 1. The van der Waals surface area contributed by atoms with Crippen molar-refractivity contribution in [3.8, 4) is 11.3 Å². The summed E-state index contributed by atoms with van der Waals surface area (Å²) in [5.74, 6) is 0.526. The Balaban J connectivity index is 1.56. The van der Waals surface area contributed by atoms with E-state index < -0.39 is 6.10 Å². The first kappa shape index (κ1) is 18.8. The normalized spacial score (nSPS) is 19.6. The molecule has 0 aliphatic carbocycles. The molecule has 2 atom stereocenters. The van der Waals surface area contributed by atoms with E-state index in [1.54, 1.807) is 23.4 Å². The van der Waals surface area contributed by atoms with Crippen LogP contribution >= 0.6 is 11.6 Å². The summed E-state index contributed by atoms with van der Waals surface area (Å²) in [5.41, 5.74) is 3.94. The summed E-state index contributed by atoms with van der Waals surface area (Å²) >= 11 is 6.15. The van der Waals surface area contributed by atoms with E-state index in [-0.39, 0.29) is 12.1 Å². The van der Waals surface area contributed by atoms with Crippen LogP contribution in [0.25, 0.3) is 11.3 Å². The Bertz CT molecular complexity index is 1140. The summed E-state index contributed by atoms with van der Waals surface area (Å²) in [6.45, 7) is 2.94. The van der Waals surface area contributed by atoms with Crippen LogP contribution in [0.2, 0.25) is 5.02 Å². The van der Waals surface area contributed by atoms with Gasteiger partial charge in [-0.15, -0.1) is 0 Å². The topological polar surface area (TPSA) is 81.6 Å². The van der Waals surface area contributed by atoms with Crippen molar-refractivity contribution in [2.45, 2.75) is 19.1 Å². The molecule has 0 saturated carbocycles. The van der Waals surface area contributed by atoms with E-state index in [1.807, 2.05) is 43.3 Å². The molecule has 3 aromatic rings. The van der Waals surface area contributed by atoms with Crippen molar-refractivity contribution in [3.05, 3.63) is 65.4 Å². The van der Waals surface area contributed by atoms with Crippen molar-refractivity contribution < 1.29 is 9.90 Å². The number of carbonyl (C=O) groups excluding carboxylic acids is 1. The molecule has 1 fully saturated rings.